The Labute approximate surface area is 254 Å². The summed E-state index contributed by atoms with van der Waals surface area (Å²) in [7, 11) is 6.85. The van der Waals surface area contributed by atoms with E-state index in [-0.39, 0.29) is 0 Å². The molecule has 0 aliphatic heterocycles. The summed E-state index contributed by atoms with van der Waals surface area (Å²) in [4.78, 5) is 0. The Bertz CT molecular complexity index is 1150. The van der Waals surface area contributed by atoms with Crippen LogP contribution in [0, 0.1) is 0 Å². The van der Waals surface area contributed by atoms with Gasteiger partial charge < -0.3 is 29.6 Å². The highest BCUT2D eigenvalue weighted by atomic mass is 16.5. The number of aryl methyl sites for hydroxylation is 1. The molecule has 3 aromatic rings. The molecule has 2 N–H and O–H groups in total. The zero-order valence-corrected chi connectivity index (χ0v) is 26.3. The number of hydrogen-bond donors (Lipinski definition) is 2. The van der Waals surface area contributed by atoms with Crippen LogP contribution in [-0.2, 0) is 25.7 Å². The van der Waals surface area contributed by atoms with Gasteiger partial charge in [0.1, 0.15) is 11.5 Å². The summed E-state index contributed by atoms with van der Waals surface area (Å²) in [6, 6.07) is 20.9. The van der Waals surface area contributed by atoms with Crippen LogP contribution in [0.3, 0.4) is 0 Å². The van der Waals surface area contributed by atoms with E-state index >= 15 is 0 Å². The molecule has 0 spiro atoms. The van der Waals surface area contributed by atoms with Crippen molar-refractivity contribution in [1.82, 2.24) is 10.6 Å². The Balaban J connectivity index is 1.27. The lowest BCUT2D eigenvalue weighted by Crippen LogP contribution is -2.19. The first kappa shape index (κ1) is 33.3. The molecule has 3 aromatic carbocycles. The van der Waals surface area contributed by atoms with Crippen LogP contribution in [0.2, 0.25) is 0 Å². The number of hydrogen-bond acceptors (Lipinski definition) is 6. The molecule has 0 aliphatic rings. The van der Waals surface area contributed by atoms with Gasteiger partial charge in [0.2, 0.25) is 0 Å². The van der Waals surface area contributed by atoms with E-state index in [1.807, 2.05) is 30.3 Å². The topological polar surface area (TPSA) is 61.0 Å². The Hall–Kier alpha value is -3.22. The number of ether oxygens (including phenoxy) is 4. The Morgan fingerprint density at radius 1 is 0.500 bits per heavy atom. The maximum absolute atomic E-state index is 5.81. The minimum absolute atomic E-state index is 0.791. The molecule has 3 rings (SSSR count). The molecule has 6 nitrogen and oxygen atoms in total. The lowest BCUT2D eigenvalue weighted by atomic mass is 9.96. The van der Waals surface area contributed by atoms with Crippen LogP contribution in [-0.4, -0.2) is 54.6 Å². The third-order valence-corrected chi connectivity index (χ3v) is 7.82. The largest absolute Gasteiger partial charge is 0.497 e. The molecule has 0 saturated carbocycles. The number of nitrogens with one attached hydrogen (secondary N) is 2. The summed E-state index contributed by atoms with van der Waals surface area (Å²) in [5.41, 5.74) is 5.16. The molecular weight excluding hydrogens is 524 g/mol. The van der Waals surface area contributed by atoms with Crippen molar-refractivity contribution in [3.63, 3.8) is 0 Å². The number of benzene rings is 3. The molecular formula is C36H52N2O4. The molecule has 0 aliphatic carbocycles. The highest BCUT2D eigenvalue weighted by Crippen LogP contribution is 2.35. The molecule has 42 heavy (non-hydrogen) atoms. The zero-order chi connectivity index (χ0) is 29.8. The van der Waals surface area contributed by atoms with Gasteiger partial charge in [-0.15, -0.1) is 0 Å². The van der Waals surface area contributed by atoms with Crippen LogP contribution in [0.1, 0.15) is 60.8 Å². The molecule has 0 saturated heterocycles. The SMILES string of the molecule is COc1ccc(CCNCCCCCCCCNCCc2ccc(OC)c(OC)c2CCc2cccc(OC)c2)cc1. The number of methoxy groups -OCH3 is 4. The molecule has 6 heteroatoms. The van der Waals surface area contributed by atoms with E-state index in [0.717, 1.165) is 74.9 Å². The second kappa shape index (κ2) is 19.8. The average molecular weight is 577 g/mol. The van der Waals surface area contributed by atoms with E-state index in [0.29, 0.717) is 0 Å². The number of rotatable bonds is 22. The van der Waals surface area contributed by atoms with Crippen molar-refractivity contribution >= 4 is 0 Å². The lowest BCUT2D eigenvalue weighted by molar-refractivity contribution is 0.351. The Morgan fingerprint density at radius 2 is 1.17 bits per heavy atom. The minimum Gasteiger partial charge on any atom is -0.497 e. The van der Waals surface area contributed by atoms with E-state index < -0.39 is 0 Å². The molecule has 0 bridgehead atoms. The van der Waals surface area contributed by atoms with Crippen LogP contribution in [0.4, 0.5) is 0 Å². The van der Waals surface area contributed by atoms with Gasteiger partial charge in [0.25, 0.3) is 0 Å². The minimum atomic E-state index is 0.791. The van der Waals surface area contributed by atoms with Gasteiger partial charge in [0, 0.05) is 5.56 Å². The van der Waals surface area contributed by atoms with E-state index in [9.17, 15) is 0 Å². The second-order valence-electron chi connectivity index (χ2n) is 10.8. The fourth-order valence-electron chi connectivity index (χ4n) is 5.34. The maximum Gasteiger partial charge on any atom is 0.164 e. The summed E-state index contributed by atoms with van der Waals surface area (Å²) in [5, 5.41) is 7.23. The van der Waals surface area contributed by atoms with Gasteiger partial charge >= 0.3 is 0 Å². The molecule has 0 atom stereocenters. The van der Waals surface area contributed by atoms with Gasteiger partial charge in [-0.3, -0.25) is 0 Å². The predicted octanol–water partition coefficient (Wildman–Crippen LogP) is 6.81. The summed E-state index contributed by atoms with van der Waals surface area (Å²) in [6.07, 6.45) is 11.6. The van der Waals surface area contributed by atoms with Crippen LogP contribution >= 0.6 is 0 Å². The smallest absolute Gasteiger partial charge is 0.164 e. The summed E-state index contributed by atoms with van der Waals surface area (Å²) < 4.78 is 22.0. The van der Waals surface area contributed by atoms with E-state index in [4.69, 9.17) is 18.9 Å². The quantitative estimate of drug-likeness (QED) is 0.128. The molecule has 0 radical (unpaired) electrons. The summed E-state index contributed by atoms with van der Waals surface area (Å²) in [6.45, 7) is 4.17. The zero-order valence-electron chi connectivity index (χ0n) is 26.3. The molecule has 0 heterocycles. The van der Waals surface area contributed by atoms with Crippen LogP contribution in [0.15, 0.2) is 60.7 Å². The molecule has 230 valence electrons. The van der Waals surface area contributed by atoms with E-state index in [1.165, 1.54) is 60.8 Å². The summed E-state index contributed by atoms with van der Waals surface area (Å²) in [5.74, 6) is 3.45. The van der Waals surface area contributed by atoms with Gasteiger partial charge in [-0.2, -0.15) is 0 Å². The van der Waals surface area contributed by atoms with Crippen molar-refractivity contribution in [2.75, 3.05) is 54.6 Å². The second-order valence-corrected chi connectivity index (χ2v) is 10.8. The van der Waals surface area contributed by atoms with Crippen molar-refractivity contribution in [1.29, 1.82) is 0 Å². The molecule has 0 amide bonds. The predicted molar refractivity (Wildman–Crippen MR) is 174 cm³/mol. The third-order valence-electron chi connectivity index (χ3n) is 7.82. The Kier molecular flexibility index (Phi) is 15.7. The van der Waals surface area contributed by atoms with Crippen LogP contribution in [0.25, 0.3) is 0 Å². The van der Waals surface area contributed by atoms with Gasteiger partial charge in [0.05, 0.1) is 28.4 Å². The fourth-order valence-corrected chi connectivity index (χ4v) is 5.34. The average Bonchev–Trinajstić information content (AvgIpc) is 3.04. The normalized spacial score (nSPS) is 11.0. The third kappa shape index (κ3) is 11.6. The van der Waals surface area contributed by atoms with E-state index in [1.54, 1.807) is 28.4 Å². The van der Waals surface area contributed by atoms with Gasteiger partial charge in [0.15, 0.2) is 11.5 Å². The highest BCUT2D eigenvalue weighted by Gasteiger charge is 2.15. The Morgan fingerprint density at radius 3 is 1.81 bits per heavy atom. The molecule has 0 unspecified atom stereocenters. The molecule has 0 aromatic heterocycles. The summed E-state index contributed by atoms with van der Waals surface area (Å²) >= 11 is 0. The van der Waals surface area contributed by atoms with Crippen molar-refractivity contribution in [2.45, 2.75) is 64.2 Å². The standard InChI is InChI=1S/C36H52N2O4/c1-39-32-18-14-29(15-19-32)22-26-37-24-9-7-5-6-8-10-25-38-27-23-31-17-21-35(41-3)36(42-4)34(31)20-16-30-12-11-13-33(28-30)40-2/h11-15,17-19,21,28,37-38H,5-10,16,20,22-27H2,1-4H3. The first-order chi connectivity index (χ1) is 20.7. The first-order valence-electron chi connectivity index (χ1n) is 15.6. The maximum atomic E-state index is 5.81. The van der Waals surface area contributed by atoms with Crippen LogP contribution in [0.5, 0.6) is 23.0 Å². The monoisotopic (exact) mass is 576 g/mol. The lowest BCUT2D eigenvalue weighted by Gasteiger charge is -2.17. The first-order valence-corrected chi connectivity index (χ1v) is 15.6. The van der Waals surface area contributed by atoms with Crippen molar-refractivity contribution in [3.05, 3.63) is 82.9 Å². The van der Waals surface area contributed by atoms with E-state index in [2.05, 4.69) is 41.0 Å². The van der Waals surface area contributed by atoms with Crippen molar-refractivity contribution in [2.24, 2.45) is 0 Å². The molecule has 0 fully saturated rings. The van der Waals surface area contributed by atoms with Crippen molar-refractivity contribution in [3.8, 4) is 23.0 Å². The number of unbranched alkanes of at least 4 members (excludes halogenated alkanes) is 5. The fraction of sp³-hybridized carbons (Fsp3) is 0.500. The highest BCUT2D eigenvalue weighted by molar-refractivity contribution is 5.51. The van der Waals surface area contributed by atoms with Crippen molar-refractivity contribution < 1.29 is 18.9 Å². The van der Waals surface area contributed by atoms with Gasteiger partial charge in [-0.25, -0.2) is 0 Å². The van der Waals surface area contributed by atoms with Crippen LogP contribution < -0.4 is 29.6 Å². The van der Waals surface area contributed by atoms with Gasteiger partial charge in [-0.1, -0.05) is 56.0 Å². The van der Waals surface area contributed by atoms with Gasteiger partial charge in [-0.05, 0) is 112 Å².